The second-order valence-electron chi connectivity index (χ2n) is 6.31. The molecule has 0 amide bonds. The summed E-state index contributed by atoms with van der Waals surface area (Å²) in [6.07, 6.45) is 2.67. The van der Waals surface area contributed by atoms with Gasteiger partial charge in [0.25, 0.3) is 0 Å². The van der Waals surface area contributed by atoms with Gasteiger partial charge in [-0.2, -0.15) is 0 Å². The highest BCUT2D eigenvalue weighted by Crippen LogP contribution is 2.03. The highest BCUT2D eigenvalue weighted by atomic mass is 32.3. The van der Waals surface area contributed by atoms with E-state index < -0.39 is 25.1 Å². The van der Waals surface area contributed by atoms with E-state index in [1.54, 1.807) is 0 Å². The lowest BCUT2D eigenvalue weighted by molar-refractivity contribution is 0.571. The Morgan fingerprint density at radius 2 is 0.963 bits per heavy atom. The van der Waals surface area contributed by atoms with Crippen LogP contribution in [0.5, 0.6) is 0 Å². The van der Waals surface area contributed by atoms with E-state index >= 15 is 0 Å². The van der Waals surface area contributed by atoms with E-state index in [0.717, 1.165) is 24.0 Å². The fourth-order valence-electron chi connectivity index (χ4n) is 2.62. The van der Waals surface area contributed by atoms with Gasteiger partial charge in [-0.25, -0.2) is 26.3 Å². The van der Waals surface area contributed by atoms with Crippen LogP contribution in [0.15, 0.2) is 60.7 Å². The van der Waals surface area contributed by atoms with Crippen molar-refractivity contribution in [2.45, 2.75) is 25.7 Å². The van der Waals surface area contributed by atoms with Crippen LogP contribution in [0.4, 0.5) is 0 Å². The van der Waals surface area contributed by atoms with Gasteiger partial charge in [0.1, 0.15) is 0 Å². The zero-order valence-electron chi connectivity index (χ0n) is 15.2. The second kappa shape index (κ2) is 10.6. The molecule has 0 saturated carbocycles. The van der Waals surface area contributed by atoms with E-state index in [1.165, 1.54) is 0 Å². The van der Waals surface area contributed by atoms with Crippen LogP contribution in [-0.2, 0) is 32.9 Å². The molecule has 0 fully saturated rings. The fourth-order valence-corrected chi connectivity index (χ4v) is 5.83. The van der Waals surface area contributed by atoms with Crippen LogP contribution < -0.4 is 9.44 Å². The summed E-state index contributed by atoms with van der Waals surface area (Å²) < 4.78 is 52.6. The molecule has 148 valence electrons. The van der Waals surface area contributed by atoms with Gasteiger partial charge in [0.05, 0.1) is 0 Å². The first-order valence-corrected chi connectivity index (χ1v) is 12.2. The lowest BCUT2D eigenvalue weighted by Crippen LogP contribution is -2.37. The van der Waals surface area contributed by atoms with Crippen molar-refractivity contribution in [2.24, 2.45) is 0 Å². The van der Waals surface area contributed by atoms with Crippen molar-refractivity contribution in [3.63, 3.8) is 0 Å². The van der Waals surface area contributed by atoms with Crippen molar-refractivity contribution in [3.8, 4) is 0 Å². The molecule has 0 atom stereocenters. The Kier molecular flexibility index (Phi) is 8.43. The number of hydrogen-bond acceptors (Lipinski definition) is 4. The van der Waals surface area contributed by atoms with E-state index in [0.29, 0.717) is 12.8 Å². The molecule has 2 rings (SSSR count). The zero-order valence-corrected chi connectivity index (χ0v) is 16.8. The molecule has 0 saturated heterocycles. The number of rotatable bonds is 12. The molecule has 0 spiro atoms. The van der Waals surface area contributed by atoms with Gasteiger partial charge < -0.3 is 0 Å². The molecule has 2 aromatic rings. The maximum atomic E-state index is 12.0. The first-order chi connectivity index (χ1) is 12.9. The molecule has 0 aliphatic carbocycles. The molecular formula is C19H26N2O4S2. The zero-order chi connectivity index (χ0) is 19.6. The summed E-state index contributed by atoms with van der Waals surface area (Å²) in [5, 5.41) is -0.948. The van der Waals surface area contributed by atoms with Gasteiger partial charge in [-0.3, -0.25) is 0 Å². The predicted octanol–water partition coefficient (Wildman–Crippen LogP) is 2.05. The summed E-state index contributed by atoms with van der Waals surface area (Å²) in [6, 6.07) is 19.4. The first kappa shape index (κ1) is 21.6. The Labute approximate surface area is 162 Å². The summed E-state index contributed by atoms with van der Waals surface area (Å²) in [5.74, 6) is 0. The maximum Gasteiger partial charge on any atom is 0.227 e. The molecule has 8 heteroatoms. The van der Waals surface area contributed by atoms with Crippen molar-refractivity contribution < 1.29 is 16.8 Å². The van der Waals surface area contributed by atoms with Crippen molar-refractivity contribution in [2.75, 3.05) is 18.2 Å². The normalized spacial score (nSPS) is 12.1. The summed E-state index contributed by atoms with van der Waals surface area (Å²) in [7, 11) is -7.77. The van der Waals surface area contributed by atoms with Crippen LogP contribution in [0, 0.1) is 0 Å². The third-order valence-corrected chi connectivity index (χ3v) is 7.69. The monoisotopic (exact) mass is 410 g/mol. The van der Waals surface area contributed by atoms with Crippen molar-refractivity contribution >= 4 is 20.0 Å². The van der Waals surface area contributed by atoms with Gasteiger partial charge in [-0.1, -0.05) is 60.7 Å². The second-order valence-corrected chi connectivity index (χ2v) is 10.3. The summed E-state index contributed by atoms with van der Waals surface area (Å²) in [4.78, 5) is 0. The van der Waals surface area contributed by atoms with Gasteiger partial charge in [0.15, 0.2) is 5.08 Å². The fraction of sp³-hybridized carbons (Fsp3) is 0.368. The highest BCUT2D eigenvalue weighted by Gasteiger charge is 2.21. The van der Waals surface area contributed by atoms with Crippen LogP contribution in [0.25, 0.3) is 0 Å². The van der Waals surface area contributed by atoms with Crippen LogP contribution >= 0.6 is 0 Å². The molecule has 0 radical (unpaired) electrons. The van der Waals surface area contributed by atoms with E-state index in [4.69, 9.17) is 0 Å². The van der Waals surface area contributed by atoms with Gasteiger partial charge in [-0.15, -0.1) is 0 Å². The molecule has 2 N–H and O–H groups in total. The molecule has 0 bridgehead atoms. The molecule has 6 nitrogen and oxygen atoms in total. The van der Waals surface area contributed by atoms with Gasteiger partial charge in [-0.05, 0) is 36.8 Å². The smallest absolute Gasteiger partial charge is 0.214 e. The SMILES string of the molecule is O=S(=O)(CS(=O)(=O)NCCCc1ccccc1)NCCCc1ccccc1. The van der Waals surface area contributed by atoms with Crippen molar-refractivity contribution in [1.82, 2.24) is 9.44 Å². The Morgan fingerprint density at radius 3 is 1.33 bits per heavy atom. The molecule has 0 unspecified atom stereocenters. The third-order valence-electron chi connectivity index (χ3n) is 3.92. The Morgan fingerprint density at radius 1 is 0.593 bits per heavy atom. The van der Waals surface area contributed by atoms with E-state index in [1.807, 2.05) is 60.7 Å². The quantitative estimate of drug-likeness (QED) is 0.524. The minimum absolute atomic E-state index is 0.209. The van der Waals surface area contributed by atoms with E-state index in [9.17, 15) is 16.8 Å². The number of nitrogens with one attached hydrogen (secondary N) is 2. The third kappa shape index (κ3) is 9.14. The number of sulfonamides is 2. The minimum atomic E-state index is -3.88. The summed E-state index contributed by atoms with van der Waals surface area (Å²) >= 11 is 0. The van der Waals surface area contributed by atoms with Crippen LogP contribution in [-0.4, -0.2) is 35.0 Å². The summed E-state index contributed by atoms with van der Waals surface area (Å²) in [6.45, 7) is 0.418. The number of benzene rings is 2. The number of hydrogen-bond donors (Lipinski definition) is 2. The highest BCUT2D eigenvalue weighted by molar-refractivity contribution is 8.06. The Bertz CT molecular complexity index is 808. The predicted molar refractivity (Wildman–Crippen MR) is 108 cm³/mol. The number of aryl methyl sites for hydroxylation is 2. The molecule has 0 aliphatic heterocycles. The minimum Gasteiger partial charge on any atom is -0.214 e. The van der Waals surface area contributed by atoms with E-state index in [2.05, 4.69) is 9.44 Å². The van der Waals surface area contributed by atoms with Crippen molar-refractivity contribution in [3.05, 3.63) is 71.8 Å². The van der Waals surface area contributed by atoms with Crippen LogP contribution in [0.2, 0.25) is 0 Å². The molecular weight excluding hydrogens is 384 g/mol. The molecule has 0 aliphatic rings. The lowest BCUT2D eigenvalue weighted by Gasteiger charge is -2.09. The molecule has 2 aromatic carbocycles. The largest absolute Gasteiger partial charge is 0.227 e. The van der Waals surface area contributed by atoms with Crippen molar-refractivity contribution in [1.29, 1.82) is 0 Å². The average Bonchev–Trinajstić information content (AvgIpc) is 2.63. The maximum absolute atomic E-state index is 12.0. The lowest BCUT2D eigenvalue weighted by atomic mass is 10.1. The first-order valence-electron chi connectivity index (χ1n) is 8.89. The van der Waals surface area contributed by atoms with Gasteiger partial charge >= 0.3 is 0 Å². The Hall–Kier alpha value is -1.74. The Balaban J connectivity index is 1.67. The van der Waals surface area contributed by atoms with Crippen LogP contribution in [0.1, 0.15) is 24.0 Å². The standard InChI is InChI=1S/C19H26N2O4S2/c22-26(23,20-15-7-13-18-9-3-1-4-10-18)17-27(24,25)21-16-8-14-19-11-5-2-6-12-19/h1-6,9-12,20-21H,7-8,13-17H2. The topological polar surface area (TPSA) is 92.3 Å². The van der Waals surface area contributed by atoms with Gasteiger partial charge in [0, 0.05) is 13.1 Å². The average molecular weight is 411 g/mol. The molecule has 0 aromatic heterocycles. The molecule has 0 heterocycles. The van der Waals surface area contributed by atoms with E-state index in [-0.39, 0.29) is 13.1 Å². The van der Waals surface area contributed by atoms with Gasteiger partial charge in [0.2, 0.25) is 20.0 Å². The summed E-state index contributed by atoms with van der Waals surface area (Å²) in [5.41, 5.74) is 2.23. The van der Waals surface area contributed by atoms with Crippen LogP contribution in [0.3, 0.4) is 0 Å². The molecule has 27 heavy (non-hydrogen) atoms.